The van der Waals surface area contributed by atoms with Crippen molar-refractivity contribution >= 4 is 5.70 Å². The van der Waals surface area contributed by atoms with Crippen molar-refractivity contribution in [2.75, 3.05) is 20.6 Å². The number of aromatic nitrogens is 2. The van der Waals surface area contributed by atoms with Crippen LogP contribution < -0.4 is 21.3 Å². The van der Waals surface area contributed by atoms with Gasteiger partial charge in [0.15, 0.2) is 0 Å². The molecule has 8 heteroatoms. The largest absolute Gasteiger partial charge is 0.392 e. The van der Waals surface area contributed by atoms with E-state index in [9.17, 15) is 8.78 Å². The maximum Gasteiger partial charge on any atom is 0.224 e. The highest BCUT2D eigenvalue weighted by Crippen LogP contribution is 2.57. The molecule has 37 heavy (non-hydrogen) atoms. The van der Waals surface area contributed by atoms with Gasteiger partial charge in [0, 0.05) is 31.8 Å². The highest BCUT2D eigenvalue weighted by Gasteiger charge is 2.40. The van der Waals surface area contributed by atoms with Crippen molar-refractivity contribution in [3.05, 3.63) is 71.3 Å². The zero-order valence-corrected chi connectivity index (χ0v) is 21.2. The van der Waals surface area contributed by atoms with Crippen LogP contribution in [0, 0.1) is 0 Å². The first-order valence-corrected chi connectivity index (χ1v) is 13.2. The Morgan fingerprint density at radius 3 is 2.49 bits per heavy atom. The van der Waals surface area contributed by atoms with Gasteiger partial charge in [-0.25, -0.2) is 13.8 Å². The lowest BCUT2D eigenvalue weighted by atomic mass is 9.82. The van der Waals surface area contributed by atoms with Gasteiger partial charge in [-0.2, -0.15) is 0 Å². The summed E-state index contributed by atoms with van der Waals surface area (Å²) in [6.45, 7) is 0.381. The average molecular weight is 505 g/mol. The molecule has 1 aliphatic heterocycles. The van der Waals surface area contributed by atoms with Crippen LogP contribution in [0.4, 0.5) is 8.78 Å². The molecule has 6 rings (SSSR count). The Hall–Kier alpha value is -3.23. The molecule has 3 aliphatic rings. The molecule has 2 fully saturated rings. The van der Waals surface area contributed by atoms with E-state index in [1.54, 1.807) is 7.05 Å². The van der Waals surface area contributed by atoms with E-state index in [4.69, 9.17) is 0 Å². The van der Waals surface area contributed by atoms with Crippen LogP contribution in [0.15, 0.2) is 48.8 Å². The first-order valence-electron chi connectivity index (χ1n) is 13.2. The van der Waals surface area contributed by atoms with Gasteiger partial charge < -0.3 is 20.9 Å². The molecular formula is C29H34F2N6. The standard InChI is InChI=1S/C29H34F2N6/c1-32-14-25(37-29(31)33-2)22-10-9-21(26-18-7-8-19(11-18)27(22)26)16-3-5-17(6-4-16)24-15-35-28(36-24)23-12-20(30)13-34-23/h3-6,9-10,14-15,18-20,23,29,32-34,37H,7-8,11-13H2,1-2H3,(H,35,36)/b25-14-/t18?,19?,20-,23-,29?/m0/s1. The summed E-state index contributed by atoms with van der Waals surface area (Å²) in [6, 6.07) is 12.8. The molecule has 2 bridgehead atoms. The highest BCUT2D eigenvalue weighted by molar-refractivity contribution is 5.79. The number of H-pyrrole nitrogens is 1. The summed E-state index contributed by atoms with van der Waals surface area (Å²) in [5.74, 6) is 1.85. The fourth-order valence-electron chi connectivity index (χ4n) is 6.45. The Morgan fingerprint density at radius 1 is 1.03 bits per heavy atom. The van der Waals surface area contributed by atoms with Gasteiger partial charge in [0.2, 0.25) is 6.42 Å². The maximum atomic E-state index is 14.2. The number of aromatic amines is 1. The van der Waals surface area contributed by atoms with E-state index in [0.29, 0.717) is 24.8 Å². The van der Waals surface area contributed by atoms with Gasteiger partial charge in [-0.3, -0.25) is 5.32 Å². The number of alkyl halides is 2. The van der Waals surface area contributed by atoms with Crippen LogP contribution in [0.5, 0.6) is 0 Å². The van der Waals surface area contributed by atoms with Gasteiger partial charge in [0.05, 0.1) is 23.6 Å². The van der Waals surface area contributed by atoms with E-state index >= 15 is 0 Å². The van der Waals surface area contributed by atoms with Crippen molar-refractivity contribution in [2.45, 2.75) is 56.2 Å². The van der Waals surface area contributed by atoms with Crippen LogP contribution in [0.1, 0.15) is 66.1 Å². The van der Waals surface area contributed by atoms with Gasteiger partial charge >= 0.3 is 0 Å². The zero-order chi connectivity index (χ0) is 25.5. The normalized spacial score (nSPS) is 25.4. The van der Waals surface area contributed by atoms with Crippen LogP contribution in [-0.4, -0.2) is 43.2 Å². The first kappa shape index (κ1) is 24.1. The highest BCUT2D eigenvalue weighted by atomic mass is 19.1. The second-order valence-electron chi connectivity index (χ2n) is 10.4. The van der Waals surface area contributed by atoms with Crippen molar-refractivity contribution in [1.29, 1.82) is 0 Å². The molecule has 0 spiro atoms. The Bertz CT molecular complexity index is 1300. The Kier molecular flexibility index (Phi) is 6.46. The van der Waals surface area contributed by atoms with Gasteiger partial charge in [-0.15, -0.1) is 0 Å². The smallest absolute Gasteiger partial charge is 0.224 e. The molecule has 3 aromatic rings. The second-order valence-corrected chi connectivity index (χ2v) is 10.4. The minimum atomic E-state index is -1.33. The predicted molar refractivity (Wildman–Crippen MR) is 143 cm³/mol. The topological polar surface area (TPSA) is 76.8 Å². The number of nitrogens with one attached hydrogen (secondary N) is 5. The van der Waals surface area contributed by atoms with Crippen molar-refractivity contribution in [3.63, 3.8) is 0 Å². The van der Waals surface area contributed by atoms with Crippen LogP contribution in [-0.2, 0) is 0 Å². The second kappa shape index (κ2) is 9.91. The van der Waals surface area contributed by atoms with E-state index in [-0.39, 0.29) is 6.04 Å². The van der Waals surface area contributed by atoms with Crippen molar-refractivity contribution < 1.29 is 8.78 Å². The third-order valence-corrected chi connectivity index (χ3v) is 8.16. The molecule has 1 saturated heterocycles. The van der Waals surface area contributed by atoms with E-state index in [0.717, 1.165) is 28.3 Å². The number of hydrogen-bond donors (Lipinski definition) is 5. The van der Waals surface area contributed by atoms with Crippen LogP contribution in [0.2, 0.25) is 0 Å². The number of hydrogen-bond acceptors (Lipinski definition) is 5. The maximum absolute atomic E-state index is 14.2. The van der Waals surface area contributed by atoms with Crippen molar-refractivity contribution in [1.82, 2.24) is 31.2 Å². The molecule has 5 N–H and O–H groups in total. The lowest BCUT2D eigenvalue weighted by Gasteiger charge is -2.25. The summed E-state index contributed by atoms with van der Waals surface area (Å²) in [5.41, 5.74) is 9.06. The van der Waals surface area contributed by atoms with E-state index < -0.39 is 12.6 Å². The molecular weight excluding hydrogens is 470 g/mol. The molecule has 2 heterocycles. The van der Waals surface area contributed by atoms with Gasteiger partial charge in [0.1, 0.15) is 12.0 Å². The van der Waals surface area contributed by atoms with Gasteiger partial charge in [-0.05, 0) is 66.0 Å². The number of rotatable bonds is 8. The number of halogens is 2. The third kappa shape index (κ3) is 4.42. The Labute approximate surface area is 216 Å². The molecule has 5 atom stereocenters. The Balaban J connectivity index is 1.32. The van der Waals surface area contributed by atoms with Crippen molar-refractivity contribution in [3.8, 4) is 22.4 Å². The van der Waals surface area contributed by atoms with E-state index in [1.165, 1.54) is 41.5 Å². The molecule has 2 aromatic carbocycles. The third-order valence-electron chi connectivity index (χ3n) is 8.16. The molecule has 3 unspecified atom stereocenters. The molecule has 194 valence electrons. The fraction of sp³-hybridized carbons (Fsp3) is 0.414. The molecule has 0 radical (unpaired) electrons. The summed E-state index contributed by atoms with van der Waals surface area (Å²) in [5, 5.41) is 11.9. The molecule has 2 aliphatic carbocycles. The molecule has 1 saturated carbocycles. The summed E-state index contributed by atoms with van der Waals surface area (Å²) in [6.07, 6.45) is 5.54. The van der Waals surface area contributed by atoms with E-state index in [2.05, 4.69) is 67.6 Å². The molecule has 1 aromatic heterocycles. The lowest BCUT2D eigenvalue weighted by Crippen LogP contribution is -2.35. The minimum absolute atomic E-state index is 0.0586. The summed E-state index contributed by atoms with van der Waals surface area (Å²) < 4.78 is 27.8. The van der Waals surface area contributed by atoms with Crippen LogP contribution in [0.3, 0.4) is 0 Å². The van der Waals surface area contributed by atoms with Crippen LogP contribution >= 0.6 is 0 Å². The van der Waals surface area contributed by atoms with E-state index in [1.807, 2.05) is 19.4 Å². The summed E-state index contributed by atoms with van der Waals surface area (Å²) in [7, 11) is 3.43. The number of imidazole rings is 1. The van der Waals surface area contributed by atoms with Gasteiger partial charge in [0.25, 0.3) is 0 Å². The monoisotopic (exact) mass is 504 g/mol. The lowest BCUT2D eigenvalue weighted by molar-refractivity contribution is 0.266. The molecule has 6 nitrogen and oxygen atoms in total. The predicted octanol–water partition coefficient (Wildman–Crippen LogP) is 5.06. The average Bonchev–Trinajstić information content (AvgIpc) is 3.73. The molecule has 0 amide bonds. The summed E-state index contributed by atoms with van der Waals surface area (Å²) in [4.78, 5) is 7.87. The minimum Gasteiger partial charge on any atom is -0.392 e. The number of benzene rings is 2. The fourth-order valence-corrected chi connectivity index (χ4v) is 6.45. The van der Waals surface area contributed by atoms with Gasteiger partial charge in [-0.1, -0.05) is 36.4 Å². The SMILES string of the molecule is CN/C=C(\NC(F)NC)c1ccc(-c2ccc(-c3cnc([C@@H]4C[C@H](F)CN4)[nH]3)cc2)c2c1C1CCC2C1. The van der Waals surface area contributed by atoms with Crippen LogP contribution in [0.25, 0.3) is 28.1 Å². The van der Waals surface area contributed by atoms with Crippen molar-refractivity contribution in [2.24, 2.45) is 0 Å². The number of fused-ring (bicyclic) bond motifs is 5. The number of nitrogens with zero attached hydrogens (tertiary/aromatic N) is 1. The first-order chi connectivity index (χ1) is 18.1. The zero-order valence-electron chi connectivity index (χ0n) is 21.2. The summed E-state index contributed by atoms with van der Waals surface area (Å²) >= 11 is 0. The quantitative estimate of drug-likeness (QED) is 0.219. The Morgan fingerprint density at radius 2 is 1.78 bits per heavy atom.